The summed E-state index contributed by atoms with van der Waals surface area (Å²) < 4.78 is 38.0. The molecule has 0 saturated heterocycles. The highest BCUT2D eigenvalue weighted by molar-refractivity contribution is 7.89. The summed E-state index contributed by atoms with van der Waals surface area (Å²) in [5.41, 5.74) is 2.03. The van der Waals surface area contributed by atoms with E-state index in [1.165, 1.54) is 4.31 Å². The Hall–Kier alpha value is -2.05. The molecule has 25 heavy (non-hydrogen) atoms. The first-order valence-corrected chi connectivity index (χ1v) is 9.96. The Kier molecular flexibility index (Phi) is 5.30. The number of sulfonamides is 1. The van der Waals surface area contributed by atoms with Gasteiger partial charge in [-0.25, -0.2) is 8.42 Å². The highest BCUT2D eigenvalue weighted by atomic mass is 32.2. The van der Waals surface area contributed by atoms with Crippen LogP contribution < -0.4 is 9.47 Å². The fourth-order valence-electron chi connectivity index (χ4n) is 2.88. The fourth-order valence-corrected chi connectivity index (χ4v) is 4.31. The first-order chi connectivity index (χ1) is 12.0. The molecule has 0 aromatic heterocycles. The van der Waals surface area contributed by atoms with Crippen molar-refractivity contribution in [3.05, 3.63) is 53.6 Å². The summed E-state index contributed by atoms with van der Waals surface area (Å²) in [6.45, 7) is 4.85. The van der Waals surface area contributed by atoms with Gasteiger partial charge in [0.2, 0.25) is 16.8 Å². The molecule has 1 aliphatic rings. The van der Waals surface area contributed by atoms with E-state index in [1.54, 1.807) is 12.1 Å². The highest BCUT2D eigenvalue weighted by Gasteiger charge is 2.24. The van der Waals surface area contributed by atoms with Crippen LogP contribution in [0.1, 0.15) is 31.4 Å². The average Bonchev–Trinajstić information content (AvgIpc) is 3.08. The second-order valence-electron chi connectivity index (χ2n) is 6.01. The van der Waals surface area contributed by atoms with Crippen LogP contribution in [0.5, 0.6) is 11.5 Å². The summed E-state index contributed by atoms with van der Waals surface area (Å²) in [5.74, 6) is 1.36. The van der Waals surface area contributed by atoms with Gasteiger partial charge in [-0.05, 0) is 41.8 Å². The number of fused-ring (bicyclic) bond motifs is 1. The van der Waals surface area contributed by atoms with E-state index < -0.39 is 10.0 Å². The lowest BCUT2D eigenvalue weighted by Crippen LogP contribution is -2.30. The normalized spacial score (nSPS) is 13.4. The molecule has 1 heterocycles. The highest BCUT2D eigenvalue weighted by Crippen LogP contribution is 2.33. The molecule has 0 unspecified atom stereocenters. The number of nitrogens with zero attached hydrogens (tertiary/aromatic N) is 1. The molecular weight excluding hydrogens is 338 g/mol. The zero-order valence-corrected chi connectivity index (χ0v) is 15.4. The number of hydrogen-bond acceptors (Lipinski definition) is 4. The van der Waals surface area contributed by atoms with Crippen molar-refractivity contribution in [1.29, 1.82) is 0 Å². The Bertz CT molecular complexity index is 831. The minimum absolute atomic E-state index is 0.207. The summed E-state index contributed by atoms with van der Waals surface area (Å²) in [4.78, 5) is 0.329. The van der Waals surface area contributed by atoms with E-state index in [-0.39, 0.29) is 6.79 Å². The molecule has 134 valence electrons. The van der Waals surface area contributed by atoms with Gasteiger partial charge < -0.3 is 9.47 Å². The summed E-state index contributed by atoms with van der Waals surface area (Å²) in [5, 5.41) is 0. The average molecular weight is 361 g/mol. The number of rotatable bonds is 7. The van der Waals surface area contributed by atoms with Crippen LogP contribution in [0, 0.1) is 0 Å². The Labute approximate surface area is 149 Å². The van der Waals surface area contributed by atoms with E-state index in [4.69, 9.17) is 9.47 Å². The first kappa shape index (κ1) is 17.8. The number of benzene rings is 2. The summed E-state index contributed by atoms with van der Waals surface area (Å²) >= 11 is 0. The summed E-state index contributed by atoms with van der Waals surface area (Å²) in [7, 11) is -3.53. The second kappa shape index (κ2) is 7.45. The Morgan fingerprint density at radius 1 is 0.960 bits per heavy atom. The van der Waals surface area contributed by atoms with Crippen LogP contribution in [-0.2, 0) is 23.0 Å². The van der Waals surface area contributed by atoms with Crippen LogP contribution in [0.25, 0.3) is 0 Å². The zero-order chi connectivity index (χ0) is 17.9. The number of ether oxygens (including phenoxy) is 2. The van der Waals surface area contributed by atoms with Gasteiger partial charge in [-0.2, -0.15) is 4.31 Å². The maximum atomic E-state index is 12.9. The fraction of sp³-hybridized carbons (Fsp3) is 0.368. The quantitative estimate of drug-likeness (QED) is 0.756. The Morgan fingerprint density at radius 3 is 2.32 bits per heavy atom. The van der Waals surface area contributed by atoms with Gasteiger partial charge in [0.1, 0.15) is 0 Å². The molecule has 2 aromatic rings. The molecule has 0 aliphatic carbocycles. The molecule has 1 aliphatic heterocycles. The van der Waals surface area contributed by atoms with Crippen molar-refractivity contribution in [3.8, 4) is 11.5 Å². The molecule has 0 N–H and O–H groups in total. The summed E-state index contributed by atoms with van der Waals surface area (Å²) in [6.07, 6.45) is 1.99. The van der Waals surface area contributed by atoms with Crippen LogP contribution in [0.2, 0.25) is 0 Å². The van der Waals surface area contributed by atoms with Crippen LogP contribution >= 0.6 is 0 Å². The van der Waals surface area contributed by atoms with Crippen molar-refractivity contribution in [2.45, 2.75) is 38.1 Å². The number of hydrogen-bond donors (Lipinski definition) is 0. The summed E-state index contributed by atoms with van der Waals surface area (Å²) in [6, 6.07) is 12.7. The van der Waals surface area contributed by atoms with E-state index in [1.807, 2.05) is 37.3 Å². The third kappa shape index (κ3) is 3.80. The van der Waals surface area contributed by atoms with Crippen LogP contribution in [-0.4, -0.2) is 26.1 Å². The Morgan fingerprint density at radius 2 is 1.64 bits per heavy atom. The van der Waals surface area contributed by atoms with E-state index in [2.05, 4.69) is 6.92 Å². The molecule has 0 radical (unpaired) electrons. The van der Waals surface area contributed by atoms with Gasteiger partial charge >= 0.3 is 0 Å². The molecule has 0 saturated carbocycles. The molecule has 0 spiro atoms. The van der Waals surface area contributed by atoms with Crippen molar-refractivity contribution in [3.63, 3.8) is 0 Å². The van der Waals surface area contributed by atoms with Gasteiger partial charge in [0.15, 0.2) is 11.5 Å². The maximum Gasteiger partial charge on any atom is 0.243 e. The molecular formula is C19H23NO4S. The zero-order valence-electron chi connectivity index (χ0n) is 14.6. The first-order valence-electron chi connectivity index (χ1n) is 8.52. The predicted molar refractivity (Wildman–Crippen MR) is 96.3 cm³/mol. The third-order valence-corrected chi connectivity index (χ3v) is 6.18. The molecule has 0 atom stereocenters. The van der Waals surface area contributed by atoms with Gasteiger partial charge in [-0.1, -0.05) is 38.5 Å². The van der Waals surface area contributed by atoms with Gasteiger partial charge in [0.05, 0.1) is 4.90 Å². The third-order valence-electron chi connectivity index (χ3n) is 4.25. The lowest BCUT2D eigenvalue weighted by atomic mass is 10.1. The minimum atomic E-state index is -3.53. The van der Waals surface area contributed by atoms with E-state index in [0.29, 0.717) is 29.5 Å². The largest absolute Gasteiger partial charge is 0.454 e. The maximum absolute atomic E-state index is 12.9. The van der Waals surface area contributed by atoms with Gasteiger partial charge in [0.25, 0.3) is 0 Å². The van der Waals surface area contributed by atoms with E-state index in [9.17, 15) is 8.42 Å². The number of aryl methyl sites for hydroxylation is 1. The molecule has 0 bridgehead atoms. The lowest BCUT2D eigenvalue weighted by molar-refractivity contribution is 0.174. The second-order valence-corrected chi connectivity index (χ2v) is 7.95. The van der Waals surface area contributed by atoms with Crippen molar-refractivity contribution in [1.82, 2.24) is 4.31 Å². The molecule has 6 heteroatoms. The molecule has 0 fully saturated rings. The minimum Gasteiger partial charge on any atom is -0.454 e. The smallest absolute Gasteiger partial charge is 0.243 e. The topological polar surface area (TPSA) is 55.8 Å². The van der Waals surface area contributed by atoms with Crippen molar-refractivity contribution >= 4 is 10.0 Å². The van der Waals surface area contributed by atoms with Crippen LogP contribution in [0.15, 0.2) is 47.4 Å². The van der Waals surface area contributed by atoms with Crippen LogP contribution in [0.3, 0.4) is 0 Å². The van der Waals surface area contributed by atoms with Gasteiger partial charge in [-0.15, -0.1) is 0 Å². The van der Waals surface area contributed by atoms with E-state index >= 15 is 0 Å². The SMILES string of the molecule is CCCc1ccc(S(=O)(=O)N(CC)Cc2ccc3c(c2)OCO3)cc1. The van der Waals surface area contributed by atoms with Crippen molar-refractivity contribution in [2.75, 3.05) is 13.3 Å². The van der Waals surface area contributed by atoms with E-state index in [0.717, 1.165) is 24.0 Å². The van der Waals surface area contributed by atoms with Gasteiger partial charge in [0, 0.05) is 13.1 Å². The predicted octanol–water partition coefficient (Wildman–Crippen LogP) is 3.58. The lowest BCUT2D eigenvalue weighted by Gasteiger charge is -2.21. The van der Waals surface area contributed by atoms with Crippen molar-refractivity contribution in [2.24, 2.45) is 0 Å². The van der Waals surface area contributed by atoms with Gasteiger partial charge in [-0.3, -0.25) is 0 Å². The van der Waals surface area contributed by atoms with Crippen molar-refractivity contribution < 1.29 is 17.9 Å². The van der Waals surface area contributed by atoms with Crippen LogP contribution in [0.4, 0.5) is 0 Å². The monoisotopic (exact) mass is 361 g/mol. The molecule has 3 rings (SSSR count). The molecule has 0 amide bonds. The standard InChI is InChI=1S/C19H23NO4S/c1-3-5-15-6-9-17(10-7-15)25(21,22)20(4-2)13-16-8-11-18-19(12-16)24-14-23-18/h6-12H,3-5,13-14H2,1-2H3. The molecule has 2 aromatic carbocycles. The molecule has 5 nitrogen and oxygen atoms in total. The Balaban J connectivity index is 1.81.